The van der Waals surface area contributed by atoms with Crippen LogP contribution in [0.2, 0.25) is 0 Å². The van der Waals surface area contributed by atoms with Crippen LogP contribution in [0.1, 0.15) is 26.2 Å². The molecule has 3 nitrogen and oxygen atoms in total. The zero-order chi connectivity index (χ0) is 10.1. The molecule has 1 N–H and O–H groups in total. The minimum atomic E-state index is 0.800. The lowest BCUT2D eigenvalue weighted by Crippen LogP contribution is -2.20. The van der Waals surface area contributed by atoms with E-state index in [-0.39, 0.29) is 0 Å². The van der Waals surface area contributed by atoms with E-state index < -0.39 is 0 Å². The molecular weight excluding hydrogens is 178 g/mol. The van der Waals surface area contributed by atoms with Crippen molar-refractivity contribution in [2.24, 2.45) is 5.92 Å². The lowest BCUT2D eigenvalue weighted by atomic mass is 10.1. The normalized spacial score (nSPS) is 21.6. The molecule has 0 spiro atoms. The van der Waals surface area contributed by atoms with Gasteiger partial charge in [0.25, 0.3) is 0 Å². The lowest BCUT2D eigenvalue weighted by Gasteiger charge is -2.08. The smallest absolute Gasteiger partial charge is 0.0495 e. The van der Waals surface area contributed by atoms with Crippen LogP contribution in [-0.2, 0) is 9.47 Å². The Hall–Kier alpha value is -0.120. The van der Waals surface area contributed by atoms with Crippen LogP contribution in [0.3, 0.4) is 0 Å². The molecule has 14 heavy (non-hydrogen) atoms. The molecule has 0 radical (unpaired) electrons. The van der Waals surface area contributed by atoms with Crippen LogP contribution in [0.15, 0.2) is 0 Å². The second-order valence-corrected chi connectivity index (χ2v) is 3.82. The molecule has 1 aliphatic rings. The molecule has 0 bridgehead atoms. The maximum atomic E-state index is 5.32. The van der Waals surface area contributed by atoms with Crippen LogP contribution in [0, 0.1) is 5.92 Å². The van der Waals surface area contributed by atoms with Gasteiger partial charge < -0.3 is 14.8 Å². The molecule has 0 amide bonds. The van der Waals surface area contributed by atoms with Gasteiger partial charge in [-0.25, -0.2) is 0 Å². The summed E-state index contributed by atoms with van der Waals surface area (Å²) in [7, 11) is 0. The first-order valence-corrected chi connectivity index (χ1v) is 5.79. The molecule has 84 valence electrons. The van der Waals surface area contributed by atoms with Crippen molar-refractivity contribution in [3.63, 3.8) is 0 Å². The number of rotatable bonds is 8. The summed E-state index contributed by atoms with van der Waals surface area (Å²) >= 11 is 0. The molecule has 0 aromatic rings. The lowest BCUT2D eigenvalue weighted by molar-refractivity contribution is 0.144. The van der Waals surface area contributed by atoms with Gasteiger partial charge in [0.2, 0.25) is 0 Å². The molecule has 1 fully saturated rings. The molecule has 1 aliphatic heterocycles. The number of nitrogens with one attached hydrogen (secondary N) is 1. The minimum absolute atomic E-state index is 0.800. The van der Waals surface area contributed by atoms with Crippen molar-refractivity contribution in [3.8, 4) is 0 Å². The van der Waals surface area contributed by atoms with Crippen molar-refractivity contribution in [2.45, 2.75) is 26.2 Å². The van der Waals surface area contributed by atoms with Crippen molar-refractivity contribution in [1.29, 1.82) is 0 Å². The average molecular weight is 201 g/mol. The van der Waals surface area contributed by atoms with Crippen molar-refractivity contribution in [3.05, 3.63) is 0 Å². The summed E-state index contributed by atoms with van der Waals surface area (Å²) in [6, 6.07) is 0. The van der Waals surface area contributed by atoms with Gasteiger partial charge in [-0.05, 0) is 45.2 Å². The Labute approximate surface area is 87.2 Å². The molecular formula is C11H23NO2. The van der Waals surface area contributed by atoms with E-state index in [0.29, 0.717) is 0 Å². The first kappa shape index (κ1) is 12.0. The van der Waals surface area contributed by atoms with E-state index in [2.05, 4.69) is 5.32 Å². The van der Waals surface area contributed by atoms with E-state index >= 15 is 0 Å². The third-order valence-electron chi connectivity index (χ3n) is 2.60. The van der Waals surface area contributed by atoms with Crippen LogP contribution in [-0.4, -0.2) is 39.5 Å². The monoisotopic (exact) mass is 201 g/mol. The Kier molecular flexibility index (Phi) is 7.01. The van der Waals surface area contributed by atoms with Gasteiger partial charge in [-0.3, -0.25) is 0 Å². The van der Waals surface area contributed by atoms with Gasteiger partial charge >= 0.3 is 0 Å². The molecule has 1 atom stereocenters. The Morgan fingerprint density at radius 2 is 2.36 bits per heavy atom. The predicted molar refractivity (Wildman–Crippen MR) is 57.5 cm³/mol. The fourth-order valence-electron chi connectivity index (χ4n) is 1.69. The van der Waals surface area contributed by atoms with Gasteiger partial charge in [0.15, 0.2) is 0 Å². The van der Waals surface area contributed by atoms with Crippen molar-refractivity contribution in [1.82, 2.24) is 5.32 Å². The van der Waals surface area contributed by atoms with E-state index in [1.165, 1.54) is 12.8 Å². The third-order valence-corrected chi connectivity index (χ3v) is 2.60. The van der Waals surface area contributed by atoms with E-state index in [0.717, 1.165) is 51.9 Å². The summed E-state index contributed by atoms with van der Waals surface area (Å²) in [6.07, 6.45) is 3.63. The number of hydrogen-bond donors (Lipinski definition) is 1. The molecule has 1 rings (SSSR count). The summed E-state index contributed by atoms with van der Waals surface area (Å²) in [5.41, 5.74) is 0. The molecule has 0 aromatic carbocycles. The summed E-state index contributed by atoms with van der Waals surface area (Å²) in [5, 5.41) is 3.44. The summed E-state index contributed by atoms with van der Waals surface area (Å²) in [4.78, 5) is 0. The second kappa shape index (κ2) is 8.21. The van der Waals surface area contributed by atoms with Gasteiger partial charge in [0, 0.05) is 26.4 Å². The van der Waals surface area contributed by atoms with Crippen LogP contribution < -0.4 is 5.32 Å². The maximum Gasteiger partial charge on any atom is 0.0495 e. The second-order valence-electron chi connectivity index (χ2n) is 3.82. The Morgan fingerprint density at radius 3 is 3.07 bits per heavy atom. The van der Waals surface area contributed by atoms with E-state index in [1.54, 1.807) is 0 Å². The molecule has 1 unspecified atom stereocenters. The molecule has 0 saturated carbocycles. The molecule has 0 aliphatic carbocycles. The Bertz CT molecular complexity index is 124. The highest BCUT2D eigenvalue weighted by Gasteiger charge is 2.14. The first-order valence-electron chi connectivity index (χ1n) is 5.79. The van der Waals surface area contributed by atoms with Crippen molar-refractivity contribution < 1.29 is 9.47 Å². The minimum Gasteiger partial charge on any atom is -0.382 e. The largest absolute Gasteiger partial charge is 0.382 e. The van der Waals surface area contributed by atoms with Gasteiger partial charge in [-0.1, -0.05) is 0 Å². The fourth-order valence-corrected chi connectivity index (χ4v) is 1.69. The maximum absolute atomic E-state index is 5.32. The average Bonchev–Trinajstić information content (AvgIpc) is 2.69. The van der Waals surface area contributed by atoms with Crippen molar-refractivity contribution >= 4 is 0 Å². The standard InChI is InChI=1S/C11H23NO2/c1-2-13-8-3-6-12-7-4-11-5-9-14-10-11/h11-12H,2-10H2,1H3. The number of ether oxygens (including phenoxy) is 2. The molecule has 0 aromatic heterocycles. The van der Waals surface area contributed by atoms with Gasteiger partial charge in [-0.2, -0.15) is 0 Å². The van der Waals surface area contributed by atoms with E-state index in [4.69, 9.17) is 9.47 Å². The van der Waals surface area contributed by atoms with Gasteiger partial charge in [0.1, 0.15) is 0 Å². The SMILES string of the molecule is CCOCCCNCCC1CCOC1. The fraction of sp³-hybridized carbons (Fsp3) is 1.00. The predicted octanol–water partition coefficient (Wildman–Crippen LogP) is 1.43. The zero-order valence-corrected chi connectivity index (χ0v) is 9.26. The van der Waals surface area contributed by atoms with Crippen LogP contribution >= 0.6 is 0 Å². The third kappa shape index (κ3) is 5.58. The van der Waals surface area contributed by atoms with E-state index in [9.17, 15) is 0 Å². The van der Waals surface area contributed by atoms with Crippen LogP contribution in [0.25, 0.3) is 0 Å². The highest BCUT2D eigenvalue weighted by Crippen LogP contribution is 2.14. The Balaban J connectivity index is 1.75. The van der Waals surface area contributed by atoms with Gasteiger partial charge in [0.05, 0.1) is 0 Å². The molecule has 1 heterocycles. The molecule has 3 heteroatoms. The first-order chi connectivity index (χ1) is 6.93. The highest BCUT2D eigenvalue weighted by atomic mass is 16.5. The van der Waals surface area contributed by atoms with Gasteiger partial charge in [-0.15, -0.1) is 0 Å². The summed E-state index contributed by atoms with van der Waals surface area (Å²) in [6.45, 7) is 7.90. The quantitative estimate of drug-likeness (QED) is 0.603. The highest BCUT2D eigenvalue weighted by molar-refractivity contribution is 4.65. The number of hydrogen-bond acceptors (Lipinski definition) is 3. The topological polar surface area (TPSA) is 30.5 Å². The summed E-state index contributed by atoms with van der Waals surface area (Å²) < 4.78 is 10.6. The van der Waals surface area contributed by atoms with Crippen molar-refractivity contribution in [2.75, 3.05) is 39.5 Å². The van der Waals surface area contributed by atoms with E-state index in [1.807, 2.05) is 6.92 Å². The zero-order valence-electron chi connectivity index (χ0n) is 9.26. The van der Waals surface area contributed by atoms with Crippen LogP contribution in [0.5, 0.6) is 0 Å². The Morgan fingerprint density at radius 1 is 1.43 bits per heavy atom. The summed E-state index contributed by atoms with van der Waals surface area (Å²) in [5.74, 6) is 0.800. The van der Waals surface area contributed by atoms with Crippen LogP contribution in [0.4, 0.5) is 0 Å². The molecule has 1 saturated heterocycles.